The molecule has 0 spiro atoms. The van der Waals surface area contributed by atoms with Gasteiger partial charge in [0.1, 0.15) is 0 Å². The molecule has 16 heavy (non-hydrogen) atoms. The first-order chi connectivity index (χ1) is 7.61. The molecule has 0 saturated heterocycles. The number of anilines is 1. The minimum Gasteiger partial charge on any atom is -0.465 e. The number of benzene rings is 1. The second kappa shape index (κ2) is 4.34. The molecule has 0 heterocycles. The van der Waals surface area contributed by atoms with Gasteiger partial charge in [-0.2, -0.15) is 0 Å². The van der Waals surface area contributed by atoms with E-state index in [0.29, 0.717) is 0 Å². The summed E-state index contributed by atoms with van der Waals surface area (Å²) < 4.78 is 0. The average molecular weight is 240 g/mol. The molecular weight excluding hydrogens is 226 g/mol. The van der Waals surface area contributed by atoms with E-state index in [-0.39, 0.29) is 0 Å². The van der Waals surface area contributed by atoms with E-state index < -0.39 is 6.09 Å². The van der Waals surface area contributed by atoms with Crippen LogP contribution in [0.4, 0.5) is 10.5 Å². The van der Waals surface area contributed by atoms with Gasteiger partial charge in [-0.15, -0.1) is 0 Å². The monoisotopic (exact) mass is 239 g/mol. The van der Waals surface area contributed by atoms with Gasteiger partial charge in [0.2, 0.25) is 0 Å². The van der Waals surface area contributed by atoms with E-state index in [2.05, 4.69) is 0 Å². The van der Waals surface area contributed by atoms with Gasteiger partial charge < -0.3 is 5.11 Å². The van der Waals surface area contributed by atoms with Crippen LogP contribution in [-0.4, -0.2) is 18.2 Å². The molecule has 0 fully saturated rings. The highest BCUT2D eigenvalue weighted by atomic mass is 35.5. The second-order valence-corrected chi connectivity index (χ2v) is 4.48. The summed E-state index contributed by atoms with van der Waals surface area (Å²) in [4.78, 5) is 12.2. The number of rotatable bonds is 1. The van der Waals surface area contributed by atoms with Crippen molar-refractivity contribution in [3.63, 3.8) is 0 Å². The van der Waals surface area contributed by atoms with Crippen molar-refractivity contribution in [3.05, 3.63) is 28.3 Å². The number of carboxylic acid groups (broad SMARTS) is 1. The fourth-order valence-electron chi connectivity index (χ4n) is 2.22. The van der Waals surface area contributed by atoms with E-state index in [1.807, 2.05) is 0 Å². The van der Waals surface area contributed by atoms with Crippen molar-refractivity contribution in [2.75, 3.05) is 11.9 Å². The summed E-state index contributed by atoms with van der Waals surface area (Å²) >= 11 is 6.13. The Bertz CT molecular complexity index is 431. The van der Waals surface area contributed by atoms with Gasteiger partial charge in [0, 0.05) is 12.1 Å². The lowest BCUT2D eigenvalue weighted by molar-refractivity contribution is 0.203. The summed E-state index contributed by atoms with van der Waals surface area (Å²) in [5, 5.41) is 9.76. The molecule has 0 unspecified atom stereocenters. The molecule has 1 aliphatic rings. The van der Waals surface area contributed by atoms with Crippen molar-refractivity contribution >= 4 is 23.4 Å². The lowest BCUT2D eigenvalue weighted by atomic mass is 9.90. The van der Waals surface area contributed by atoms with Gasteiger partial charge in [0.15, 0.2) is 0 Å². The fraction of sp³-hybridized carbons (Fsp3) is 0.417. The highest BCUT2D eigenvalue weighted by molar-refractivity contribution is 6.31. The minimum absolute atomic E-state index is 0.761. The maximum Gasteiger partial charge on any atom is 0.411 e. The Balaban J connectivity index is 2.50. The molecule has 1 N–H and O–H groups in total. The maximum absolute atomic E-state index is 11.0. The van der Waals surface area contributed by atoms with Crippen molar-refractivity contribution in [2.24, 2.45) is 0 Å². The molecule has 0 radical (unpaired) electrons. The van der Waals surface area contributed by atoms with E-state index >= 15 is 0 Å². The Morgan fingerprint density at radius 1 is 1.31 bits per heavy atom. The topological polar surface area (TPSA) is 40.5 Å². The number of carbonyl (C=O) groups is 1. The molecule has 4 heteroatoms. The highest BCUT2D eigenvalue weighted by Crippen LogP contribution is 2.34. The smallest absolute Gasteiger partial charge is 0.411 e. The molecule has 86 valence electrons. The zero-order valence-corrected chi connectivity index (χ0v) is 9.92. The van der Waals surface area contributed by atoms with Crippen molar-refractivity contribution in [1.82, 2.24) is 0 Å². The SMILES string of the molecule is CN(C(=O)O)c1ccc(Cl)c2c1CCCC2. The zero-order valence-electron chi connectivity index (χ0n) is 9.16. The van der Waals surface area contributed by atoms with Crippen LogP contribution in [0.25, 0.3) is 0 Å². The standard InChI is InChI=1S/C12H14ClNO2/c1-14(12(15)16)11-7-6-10(13)8-4-2-3-5-9(8)11/h6-7H,2-5H2,1H3,(H,15,16). The summed E-state index contributed by atoms with van der Waals surface area (Å²) in [6, 6.07) is 3.58. The number of hydrogen-bond donors (Lipinski definition) is 1. The van der Waals surface area contributed by atoms with Crippen molar-refractivity contribution in [3.8, 4) is 0 Å². The Morgan fingerprint density at radius 3 is 2.56 bits per heavy atom. The molecule has 0 saturated carbocycles. The Labute approximate surface area is 99.6 Å². The molecule has 0 bridgehead atoms. The average Bonchev–Trinajstić information content (AvgIpc) is 2.29. The van der Waals surface area contributed by atoms with E-state index in [1.54, 1.807) is 19.2 Å². The first-order valence-corrected chi connectivity index (χ1v) is 5.76. The van der Waals surface area contributed by atoms with Gasteiger partial charge in [-0.05, 0) is 48.9 Å². The summed E-state index contributed by atoms with van der Waals surface area (Å²) in [6.07, 6.45) is 3.18. The van der Waals surface area contributed by atoms with Gasteiger partial charge in [0.25, 0.3) is 0 Å². The van der Waals surface area contributed by atoms with Crippen molar-refractivity contribution < 1.29 is 9.90 Å². The Kier molecular flexibility index (Phi) is 3.06. The van der Waals surface area contributed by atoms with Gasteiger partial charge in [-0.3, -0.25) is 4.90 Å². The van der Waals surface area contributed by atoms with Crippen molar-refractivity contribution in [1.29, 1.82) is 0 Å². The Morgan fingerprint density at radius 2 is 1.94 bits per heavy atom. The highest BCUT2D eigenvalue weighted by Gasteiger charge is 2.20. The van der Waals surface area contributed by atoms with Gasteiger partial charge in [0.05, 0.1) is 5.69 Å². The first kappa shape index (κ1) is 11.3. The summed E-state index contributed by atoms with van der Waals surface area (Å²) in [5.74, 6) is 0. The van der Waals surface area contributed by atoms with Crippen LogP contribution < -0.4 is 4.90 Å². The van der Waals surface area contributed by atoms with Crippen LogP contribution in [0.2, 0.25) is 5.02 Å². The van der Waals surface area contributed by atoms with E-state index in [4.69, 9.17) is 16.7 Å². The quantitative estimate of drug-likeness (QED) is 0.817. The molecule has 3 nitrogen and oxygen atoms in total. The third kappa shape index (κ3) is 1.87. The molecule has 1 aromatic carbocycles. The van der Waals surface area contributed by atoms with Crippen LogP contribution in [0.3, 0.4) is 0 Å². The number of halogens is 1. The Hall–Kier alpha value is -1.22. The summed E-state index contributed by atoms with van der Waals surface area (Å²) in [7, 11) is 1.57. The van der Waals surface area contributed by atoms with Crippen LogP contribution in [0.15, 0.2) is 12.1 Å². The van der Waals surface area contributed by atoms with Crippen LogP contribution in [0.1, 0.15) is 24.0 Å². The largest absolute Gasteiger partial charge is 0.465 e. The van der Waals surface area contributed by atoms with Crippen LogP contribution in [-0.2, 0) is 12.8 Å². The minimum atomic E-state index is -0.935. The lowest BCUT2D eigenvalue weighted by Crippen LogP contribution is -2.26. The molecule has 1 aromatic rings. The molecule has 0 aromatic heterocycles. The fourth-order valence-corrected chi connectivity index (χ4v) is 2.49. The lowest BCUT2D eigenvalue weighted by Gasteiger charge is -2.24. The molecule has 2 rings (SSSR count). The second-order valence-electron chi connectivity index (χ2n) is 4.07. The third-order valence-electron chi connectivity index (χ3n) is 3.10. The first-order valence-electron chi connectivity index (χ1n) is 5.38. The summed E-state index contributed by atoms with van der Waals surface area (Å²) in [5.41, 5.74) is 2.99. The molecule has 1 amide bonds. The number of amides is 1. The number of fused-ring (bicyclic) bond motifs is 1. The number of nitrogens with zero attached hydrogens (tertiary/aromatic N) is 1. The predicted octanol–water partition coefficient (Wildman–Crippen LogP) is 3.33. The number of hydrogen-bond acceptors (Lipinski definition) is 1. The maximum atomic E-state index is 11.0. The molecular formula is C12H14ClNO2. The van der Waals surface area contributed by atoms with Crippen LogP contribution in [0.5, 0.6) is 0 Å². The van der Waals surface area contributed by atoms with E-state index in [1.165, 1.54) is 4.90 Å². The molecule has 1 aliphatic carbocycles. The normalized spacial score (nSPS) is 14.4. The van der Waals surface area contributed by atoms with E-state index in [9.17, 15) is 4.79 Å². The molecule has 0 atom stereocenters. The van der Waals surface area contributed by atoms with Gasteiger partial charge in [-0.25, -0.2) is 4.79 Å². The molecule has 0 aliphatic heterocycles. The van der Waals surface area contributed by atoms with Crippen molar-refractivity contribution in [2.45, 2.75) is 25.7 Å². The summed E-state index contributed by atoms with van der Waals surface area (Å²) in [6.45, 7) is 0. The third-order valence-corrected chi connectivity index (χ3v) is 3.46. The van der Waals surface area contributed by atoms with Gasteiger partial charge >= 0.3 is 6.09 Å². The van der Waals surface area contributed by atoms with E-state index in [0.717, 1.165) is 47.5 Å². The van der Waals surface area contributed by atoms with Crippen LogP contribution >= 0.6 is 11.6 Å². The van der Waals surface area contributed by atoms with Crippen LogP contribution in [0, 0.1) is 0 Å². The van der Waals surface area contributed by atoms with Gasteiger partial charge in [-0.1, -0.05) is 11.6 Å². The predicted molar refractivity (Wildman–Crippen MR) is 64.5 cm³/mol. The zero-order chi connectivity index (χ0) is 11.7.